The molecule has 2 N–H and O–H groups in total. The van der Waals surface area contributed by atoms with Crippen molar-refractivity contribution < 1.29 is 9.53 Å². The minimum Gasteiger partial charge on any atom is -0.444 e. The van der Waals surface area contributed by atoms with E-state index in [4.69, 9.17) is 16.3 Å². The molecule has 0 fully saturated rings. The van der Waals surface area contributed by atoms with Crippen molar-refractivity contribution in [2.75, 3.05) is 13.1 Å². The minimum atomic E-state index is -0.531. The summed E-state index contributed by atoms with van der Waals surface area (Å²) in [7, 11) is 0. The summed E-state index contributed by atoms with van der Waals surface area (Å²) in [5.41, 5.74) is 1.68. The van der Waals surface area contributed by atoms with Gasteiger partial charge in [-0.05, 0) is 58.4 Å². The van der Waals surface area contributed by atoms with E-state index >= 15 is 0 Å². The molecule has 0 saturated carbocycles. The Kier molecular flexibility index (Phi) is 6.29. The van der Waals surface area contributed by atoms with Gasteiger partial charge in [0.25, 0.3) is 5.56 Å². The highest BCUT2D eigenvalue weighted by molar-refractivity contribution is 6.30. The molecule has 1 atom stereocenters. The van der Waals surface area contributed by atoms with Crippen molar-refractivity contribution in [2.45, 2.75) is 52.3 Å². The van der Waals surface area contributed by atoms with E-state index in [-0.39, 0.29) is 11.6 Å². The Labute approximate surface area is 175 Å². The van der Waals surface area contributed by atoms with E-state index in [2.05, 4.69) is 20.2 Å². The summed E-state index contributed by atoms with van der Waals surface area (Å²) < 4.78 is 5.31. The fourth-order valence-corrected chi connectivity index (χ4v) is 3.46. The smallest absolute Gasteiger partial charge is 0.407 e. The first-order chi connectivity index (χ1) is 13.6. The van der Waals surface area contributed by atoms with E-state index in [1.807, 2.05) is 39.8 Å². The number of hydrogen-bond acceptors (Lipinski definition) is 5. The lowest BCUT2D eigenvalue weighted by Crippen LogP contribution is -2.46. The molecule has 1 aromatic heterocycles. The predicted octanol–water partition coefficient (Wildman–Crippen LogP) is 3.36. The minimum absolute atomic E-state index is 0.0934. The molecule has 1 aliphatic rings. The van der Waals surface area contributed by atoms with Gasteiger partial charge in [-0.2, -0.15) is 0 Å². The first-order valence-electron chi connectivity index (χ1n) is 9.70. The fraction of sp³-hybridized carbons (Fsp3) is 0.476. The molecule has 0 radical (unpaired) electrons. The maximum absolute atomic E-state index is 12.5. The van der Waals surface area contributed by atoms with Gasteiger partial charge >= 0.3 is 6.09 Å². The first kappa shape index (κ1) is 21.3. The number of nitrogens with one attached hydrogen (secondary N) is 2. The van der Waals surface area contributed by atoms with Crippen LogP contribution in [-0.4, -0.2) is 45.7 Å². The van der Waals surface area contributed by atoms with Crippen LogP contribution in [0.4, 0.5) is 4.79 Å². The zero-order chi connectivity index (χ0) is 21.2. The molecule has 29 heavy (non-hydrogen) atoms. The quantitative estimate of drug-likeness (QED) is 0.794. The van der Waals surface area contributed by atoms with Gasteiger partial charge in [0.05, 0.1) is 5.69 Å². The average molecular weight is 419 g/mol. The van der Waals surface area contributed by atoms with Gasteiger partial charge in [0.15, 0.2) is 0 Å². The molecule has 0 bridgehead atoms. The Morgan fingerprint density at radius 2 is 2.03 bits per heavy atom. The van der Waals surface area contributed by atoms with E-state index in [9.17, 15) is 9.59 Å². The Balaban J connectivity index is 1.69. The second kappa shape index (κ2) is 8.55. The Bertz CT molecular complexity index is 934. The fourth-order valence-electron chi connectivity index (χ4n) is 3.34. The Hall–Kier alpha value is -2.38. The van der Waals surface area contributed by atoms with Crippen molar-refractivity contribution in [3.8, 4) is 11.4 Å². The highest BCUT2D eigenvalue weighted by Gasteiger charge is 2.24. The summed E-state index contributed by atoms with van der Waals surface area (Å²) in [5, 5.41) is 3.49. The lowest BCUT2D eigenvalue weighted by Gasteiger charge is -2.30. The van der Waals surface area contributed by atoms with Crippen LogP contribution < -0.4 is 10.9 Å². The predicted molar refractivity (Wildman–Crippen MR) is 113 cm³/mol. The van der Waals surface area contributed by atoms with Crippen molar-refractivity contribution in [3.63, 3.8) is 0 Å². The monoisotopic (exact) mass is 418 g/mol. The van der Waals surface area contributed by atoms with Gasteiger partial charge in [0.1, 0.15) is 11.4 Å². The van der Waals surface area contributed by atoms with Gasteiger partial charge < -0.3 is 15.0 Å². The summed E-state index contributed by atoms with van der Waals surface area (Å²) in [6.45, 7) is 9.37. The lowest BCUT2D eigenvalue weighted by molar-refractivity contribution is 0.0495. The number of aromatic nitrogens is 2. The molecule has 0 saturated heterocycles. The third-order valence-electron chi connectivity index (χ3n) is 4.57. The number of rotatable bonds is 4. The van der Waals surface area contributed by atoms with E-state index in [0.29, 0.717) is 30.4 Å². The van der Waals surface area contributed by atoms with Crippen molar-refractivity contribution in [3.05, 3.63) is 50.9 Å². The normalized spacial score (nSPS) is 15.5. The largest absolute Gasteiger partial charge is 0.444 e. The summed E-state index contributed by atoms with van der Waals surface area (Å²) in [6.07, 6.45) is 0.194. The highest BCUT2D eigenvalue weighted by atomic mass is 35.5. The molecule has 0 spiro atoms. The number of amides is 1. The molecule has 0 aliphatic carbocycles. The number of carbonyl (C=O) groups excluding carboxylic acids is 1. The number of hydrogen-bond donors (Lipinski definition) is 2. The van der Waals surface area contributed by atoms with E-state index < -0.39 is 11.7 Å². The van der Waals surface area contributed by atoms with Crippen LogP contribution in [-0.2, 0) is 17.7 Å². The van der Waals surface area contributed by atoms with Gasteiger partial charge in [-0.25, -0.2) is 9.78 Å². The third-order valence-corrected chi connectivity index (χ3v) is 4.82. The molecule has 3 rings (SSSR count). The summed E-state index contributed by atoms with van der Waals surface area (Å²) in [6, 6.07) is 7.12. The van der Waals surface area contributed by atoms with Gasteiger partial charge in [-0.15, -0.1) is 0 Å². The average Bonchev–Trinajstić information content (AvgIpc) is 2.60. The summed E-state index contributed by atoms with van der Waals surface area (Å²) in [4.78, 5) is 34.2. The number of ether oxygens (including phenoxy) is 1. The number of fused-ring (bicyclic) bond motifs is 1. The topological polar surface area (TPSA) is 87.3 Å². The maximum Gasteiger partial charge on any atom is 0.407 e. The second-order valence-electron chi connectivity index (χ2n) is 8.38. The number of alkyl carbamates (subject to hydrolysis) is 1. The molecular weight excluding hydrogens is 392 g/mol. The molecule has 2 heterocycles. The van der Waals surface area contributed by atoms with Crippen LogP contribution >= 0.6 is 11.6 Å². The summed E-state index contributed by atoms with van der Waals surface area (Å²) in [5.74, 6) is 0.534. The summed E-state index contributed by atoms with van der Waals surface area (Å²) >= 11 is 5.95. The van der Waals surface area contributed by atoms with Crippen molar-refractivity contribution in [1.29, 1.82) is 0 Å². The molecule has 1 amide bonds. The molecule has 156 valence electrons. The van der Waals surface area contributed by atoms with Gasteiger partial charge in [0.2, 0.25) is 0 Å². The van der Waals surface area contributed by atoms with Crippen LogP contribution in [0.15, 0.2) is 29.1 Å². The molecule has 2 aromatic rings. The Morgan fingerprint density at radius 1 is 1.34 bits per heavy atom. The number of aromatic amines is 1. The molecule has 8 heteroatoms. The van der Waals surface area contributed by atoms with Crippen LogP contribution in [0, 0.1) is 0 Å². The van der Waals surface area contributed by atoms with E-state index in [0.717, 1.165) is 23.4 Å². The number of H-pyrrole nitrogens is 1. The van der Waals surface area contributed by atoms with Crippen LogP contribution in [0.5, 0.6) is 0 Å². The molecular formula is C21H27ClN4O3. The third kappa shape index (κ3) is 5.81. The first-order valence-corrected chi connectivity index (χ1v) is 10.1. The van der Waals surface area contributed by atoms with Crippen LogP contribution in [0.1, 0.15) is 39.0 Å². The lowest BCUT2D eigenvalue weighted by atomic mass is 10.1. The van der Waals surface area contributed by atoms with E-state index in [1.54, 1.807) is 12.1 Å². The number of carbonyl (C=O) groups is 1. The number of halogens is 1. The van der Waals surface area contributed by atoms with Gasteiger partial charge in [0, 0.05) is 41.8 Å². The zero-order valence-corrected chi connectivity index (χ0v) is 18.0. The number of benzene rings is 1. The van der Waals surface area contributed by atoms with Gasteiger partial charge in [-0.3, -0.25) is 9.69 Å². The second-order valence-corrected chi connectivity index (χ2v) is 8.82. The molecule has 1 aromatic carbocycles. The number of nitrogens with zero attached hydrogens (tertiary/aromatic N) is 2. The maximum atomic E-state index is 12.5. The SMILES string of the molecule is CC(CN1CCc2c(nc(-c3ccc(Cl)cc3)[nH]c2=O)C1)NC(=O)OC(C)(C)C. The van der Waals surface area contributed by atoms with Crippen LogP contribution in [0.2, 0.25) is 5.02 Å². The van der Waals surface area contributed by atoms with Crippen LogP contribution in [0.3, 0.4) is 0 Å². The molecule has 7 nitrogen and oxygen atoms in total. The van der Waals surface area contributed by atoms with Crippen LogP contribution in [0.25, 0.3) is 11.4 Å². The molecule has 1 aliphatic heterocycles. The van der Waals surface area contributed by atoms with Crippen molar-refractivity contribution >= 4 is 17.7 Å². The molecule has 1 unspecified atom stereocenters. The van der Waals surface area contributed by atoms with Gasteiger partial charge in [-0.1, -0.05) is 11.6 Å². The van der Waals surface area contributed by atoms with Crippen molar-refractivity contribution in [1.82, 2.24) is 20.2 Å². The zero-order valence-electron chi connectivity index (χ0n) is 17.2. The standard InChI is InChI=1S/C21H27ClN4O3/c1-13(23-20(28)29-21(2,3)4)11-26-10-9-16-17(12-26)24-18(25-19(16)27)14-5-7-15(22)8-6-14/h5-8,13H,9-12H2,1-4H3,(H,23,28)(H,24,25,27). The Morgan fingerprint density at radius 3 is 2.69 bits per heavy atom. The van der Waals surface area contributed by atoms with Crippen molar-refractivity contribution in [2.24, 2.45) is 0 Å². The van der Waals surface area contributed by atoms with E-state index in [1.165, 1.54) is 0 Å². The highest BCUT2D eigenvalue weighted by Crippen LogP contribution is 2.20.